The molecule has 1 aromatic heterocycles. The van der Waals surface area contributed by atoms with E-state index in [2.05, 4.69) is 15.6 Å². The number of benzene rings is 2. The van der Waals surface area contributed by atoms with Gasteiger partial charge in [0.2, 0.25) is 5.88 Å². The number of thioether (sulfide) groups is 1. The highest BCUT2D eigenvalue weighted by Gasteiger charge is 2.27. The van der Waals surface area contributed by atoms with Gasteiger partial charge in [-0.2, -0.15) is 0 Å². The predicted octanol–water partition coefficient (Wildman–Crippen LogP) is 5.16. The molecule has 3 aromatic rings. The Morgan fingerprint density at radius 3 is 2.48 bits per heavy atom. The number of rotatable bonds is 9. The first kappa shape index (κ1) is 28.2. The van der Waals surface area contributed by atoms with Crippen molar-refractivity contribution in [2.45, 2.75) is 49.1 Å². The molecule has 0 atom stereocenters. The Labute approximate surface area is 240 Å². The first-order valence-electron chi connectivity index (χ1n) is 13.1. The van der Waals surface area contributed by atoms with E-state index in [0.717, 1.165) is 29.3 Å². The Morgan fingerprint density at radius 2 is 1.75 bits per heavy atom. The number of ether oxygens (including phenoxy) is 2. The molecule has 2 aliphatic rings. The molecule has 11 heteroatoms. The van der Waals surface area contributed by atoms with Crippen molar-refractivity contribution in [2.24, 2.45) is 0 Å². The molecule has 1 aliphatic carbocycles. The first-order chi connectivity index (χ1) is 19.4. The lowest BCUT2D eigenvalue weighted by atomic mass is 9.90. The smallest absolute Gasteiger partial charge is 0.257 e. The molecule has 2 aromatic carbocycles. The Balaban J connectivity index is 1.18. The van der Waals surface area contributed by atoms with Crippen molar-refractivity contribution in [1.29, 1.82) is 0 Å². The van der Waals surface area contributed by atoms with Crippen LogP contribution in [0.2, 0.25) is 5.02 Å². The molecular weight excluding hydrogens is 557 g/mol. The number of hydrogen-bond donors (Lipinski definition) is 3. The van der Waals surface area contributed by atoms with Crippen molar-refractivity contribution < 1.29 is 28.6 Å². The van der Waals surface area contributed by atoms with Gasteiger partial charge in [-0.05, 0) is 74.1 Å². The quantitative estimate of drug-likeness (QED) is 0.318. The number of fused-ring (bicyclic) bond motifs is 1. The van der Waals surface area contributed by atoms with Gasteiger partial charge in [-0.1, -0.05) is 17.7 Å². The zero-order chi connectivity index (χ0) is 28.1. The van der Waals surface area contributed by atoms with Gasteiger partial charge in [-0.3, -0.25) is 9.59 Å². The molecule has 0 saturated heterocycles. The largest absolute Gasteiger partial charge is 0.490 e. The number of hydrogen-bond acceptors (Lipinski definition) is 7. The fraction of sp³-hybridized carbons (Fsp3) is 0.345. The summed E-state index contributed by atoms with van der Waals surface area (Å²) < 4.78 is 25.4. The van der Waals surface area contributed by atoms with Crippen molar-refractivity contribution in [2.75, 3.05) is 19.0 Å². The summed E-state index contributed by atoms with van der Waals surface area (Å²) >= 11 is 7.78. The summed E-state index contributed by atoms with van der Waals surface area (Å²) in [5.74, 6) is 0.534. The maximum atomic E-state index is 14.1. The number of amides is 2. The van der Waals surface area contributed by atoms with Gasteiger partial charge in [0.1, 0.15) is 29.5 Å². The van der Waals surface area contributed by atoms with Gasteiger partial charge in [0.15, 0.2) is 0 Å². The third-order valence-corrected chi connectivity index (χ3v) is 8.21. The molecule has 1 aliphatic heterocycles. The highest BCUT2D eigenvalue weighted by molar-refractivity contribution is 7.99. The van der Waals surface area contributed by atoms with Crippen molar-refractivity contribution in [3.05, 3.63) is 76.2 Å². The van der Waals surface area contributed by atoms with Gasteiger partial charge in [0, 0.05) is 27.8 Å². The molecule has 1 fully saturated rings. The zero-order valence-electron chi connectivity index (χ0n) is 21.6. The first-order valence-corrected chi connectivity index (χ1v) is 14.5. The van der Waals surface area contributed by atoms with Gasteiger partial charge in [0.25, 0.3) is 11.8 Å². The zero-order valence-corrected chi connectivity index (χ0v) is 23.2. The molecule has 0 unspecified atom stereocenters. The fourth-order valence-corrected chi connectivity index (χ4v) is 6.12. The number of carbonyl (C=O) groups is 2. The Morgan fingerprint density at radius 1 is 1.02 bits per heavy atom. The summed E-state index contributed by atoms with van der Waals surface area (Å²) in [6.07, 6.45) is 4.60. The van der Waals surface area contributed by atoms with Crippen LogP contribution in [0.5, 0.6) is 17.4 Å². The Kier molecular flexibility index (Phi) is 9.08. The summed E-state index contributed by atoms with van der Waals surface area (Å²) in [6, 6.07) is 11.4. The minimum absolute atomic E-state index is 0.0294. The van der Waals surface area contributed by atoms with Crippen LogP contribution in [0.4, 0.5) is 4.39 Å². The minimum Gasteiger partial charge on any atom is -0.490 e. The van der Waals surface area contributed by atoms with Crippen LogP contribution in [0.25, 0.3) is 0 Å². The average Bonchev–Trinajstić information content (AvgIpc) is 3.42. The summed E-state index contributed by atoms with van der Waals surface area (Å²) in [6.45, 7) is -0.138. The van der Waals surface area contributed by atoms with E-state index in [0.29, 0.717) is 47.8 Å². The van der Waals surface area contributed by atoms with Crippen LogP contribution in [-0.2, 0) is 6.42 Å². The summed E-state index contributed by atoms with van der Waals surface area (Å²) in [5.41, 5.74) is 1.63. The minimum atomic E-state index is -0.627. The number of pyridine rings is 1. The lowest BCUT2D eigenvalue weighted by molar-refractivity contribution is 0.0887. The molecule has 5 rings (SSSR count). The number of nitrogens with one attached hydrogen (secondary N) is 2. The van der Waals surface area contributed by atoms with Gasteiger partial charge < -0.3 is 25.2 Å². The van der Waals surface area contributed by atoms with Gasteiger partial charge in [0.05, 0.1) is 18.4 Å². The molecule has 2 amide bonds. The second kappa shape index (κ2) is 12.9. The van der Waals surface area contributed by atoms with E-state index in [1.165, 1.54) is 5.56 Å². The standard InChI is InChI=1S/C29H29ClFN3O5S/c30-18-2-8-23(25(13-18)38-11-10-35)27(36)33-20-3-5-21(6-4-20)34-28(37)24-14-19(31)16-32-29(24)39-22-7-1-17-9-12-40-26(17)15-22/h1-2,7-8,13-16,20-21,35H,3-6,9-12H2,(H,33,36)(H,34,37). The van der Waals surface area contributed by atoms with Crippen LogP contribution in [-0.4, -0.2) is 53.0 Å². The monoisotopic (exact) mass is 585 g/mol. The number of aliphatic hydroxyl groups excluding tert-OH is 1. The molecule has 2 heterocycles. The van der Waals surface area contributed by atoms with Crippen molar-refractivity contribution in [1.82, 2.24) is 15.6 Å². The van der Waals surface area contributed by atoms with E-state index >= 15 is 0 Å². The number of aromatic nitrogens is 1. The highest BCUT2D eigenvalue weighted by Crippen LogP contribution is 2.35. The molecular formula is C29H29ClFN3O5S. The third kappa shape index (κ3) is 6.86. The highest BCUT2D eigenvalue weighted by atomic mass is 35.5. The topological polar surface area (TPSA) is 110 Å². The summed E-state index contributed by atoms with van der Waals surface area (Å²) in [4.78, 5) is 31.2. The van der Waals surface area contributed by atoms with Crippen molar-refractivity contribution >= 4 is 35.2 Å². The predicted molar refractivity (Wildman–Crippen MR) is 150 cm³/mol. The van der Waals surface area contributed by atoms with E-state index in [1.54, 1.807) is 30.0 Å². The molecule has 1 saturated carbocycles. The number of halogens is 2. The number of nitrogens with zero attached hydrogens (tertiary/aromatic N) is 1. The van der Waals surface area contributed by atoms with Gasteiger partial charge in [-0.15, -0.1) is 11.8 Å². The number of aryl methyl sites for hydroxylation is 1. The van der Waals surface area contributed by atoms with Crippen molar-refractivity contribution in [3.8, 4) is 17.4 Å². The van der Waals surface area contributed by atoms with E-state index in [-0.39, 0.29) is 42.6 Å². The molecule has 0 bridgehead atoms. The fourth-order valence-electron chi connectivity index (χ4n) is 4.86. The maximum absolute atomic E-state index is 14.1. The SMILES string of the molecule is O=C(NC1CCC(NC(=O)c2cc(F)cnc2Oc2ccc3c(c2)SCC3)CC1)c1ccc(Cl)cc1OCCO. The Bertz CT molecular complexity index is 1400. The van der Waals surface area contributed by atoms with Crippen LogP contribution >= 0.6 is 23.4 Å². The van der Waals surface area contributed by atoms with Crippen LogP contribution in [0, 0.1) is 5.82 Å². The lowest BCUT2D eigenvalue weighted by Gasteiger charge is -2.30. The maximum Gasteiger partial charge on any atom is 0.257 e. The number of aliphatic hydroxyl groups is 1. The third-order valence-electron chi connectivity index (χ3n) is 6.88. The molecule has 3 N–H and O–H groups in total. The van der Waals surface area contributed by atoms with Crippen LogP contribution in [0.3, 0.4) is 0 Å². The lowest BCUT2D eigenvalue weighted by Crippen LogP contribution is -2.44. The van der Waals surface area contributed by atoms with E-state index in [4.69, 9.17) is 26.2 Å². The average molecular weight is 586 g/mol. The van der Waals surface area contributed by atoms with Gasteiger partial charge in [-0.25, -0.2) is 9.37 Å². The van der Waals surface area contributed by atoms with Gasteiger partial charge >= 0.3 is 0 Å². The molecule has 0 spiro atoms. The summed E-state index contributed by atoms with van der Waals surface area (Å²) in [5, 5.41) is 15.5. The molecule has 210 valence electrons. The molecule has 40 heavy (non-hydrogen) atoms. The molecule has 0 radical (unpaired) electrons. The second-order valence-corrected chi connectivity index (χ2v) is 11.3. The van der Waals surface area contributed by atoms with Crippen LogP contribution in [0.1, 0.15) is 52.0 Å². The van der Waals surface area contributed by atoms with E-state index < -0.39 is 11.7 Å². The summed E-state index contributed by atoms with van der Waals surface area (Å²) in [7, 11) is 0. The van der Waals surface area contributed by atoms with Crippen LogP contribution < -0.4 is 20.1 Å². The molecule has 8 nitrogen and oxygen atoms in total. The number of carbonyl (C=O) groups excluding carboxylic acids is 2. The van der Waals surface area contributed by atoms with E-state index in [1.807, 2.05) is 18.2 Å². The normalized spacial score (nSPS) is 18.1. The Hall–Kier alpha value is -3.34. The van der Waals surface area contributed by atoms with Crippen LogP contribution in [0.15, 0.2) is 53.6 Å². The van der Waals surface area contributed by atoms with Crippen molar-refractivity contribution in [3.63, 3.8) is 0 Å². The second-order valence-electron chi connectivity index (χ2n) is 9.68. The van der Waals surface area contributed by atoms with E-state index in [9.17, 15) is 14.0 Å².